The van der Waals surface area contributed by atoms with Crippen molar-refractivity contribution < 1.29 is 19.7 Å². The largest absolute Gasteiger partial charge is 0.494 e. The van der Waals surface area contributed by atoms with Gasteiger partial charge in [-0.05, 0) is 60.2 Å². The zero-order valence-corrected chi connectivity index (χ0v) is 18.6. The van der Waals surface area contributed by atoms with Gasteiger partial charge in [0.1, 0.15) is 5.75 Å². The lowest BCUT2D eigenvalue weighted by Crippen LogP contribution is -2.36. The van der Waals surface area contributed by atoms with Crippen molar-refractivity contribution >= 4 is 0 Å². The zero-order chi connectivity index (χ0) is 22.3. The van der Waals surface area contributed by atoms with Gasteiger partial charge in [0.15, 0.2) is 0 Å². The molecule has 0 atom stereocenters. The summed E-state index contributed by atoms with van der Waals surface area (Å²) in [6.07, 6.45) is 0.509. The van der Waals surface area contributed by atoms with Gasteiger partial charge < -0.3 is 19.7 Å². The van der Waals surface area contributed by atoms with E-state index in [4.69, 9.17) is 9.47 Å². The van der Waals surface area contributed by atoms with E-state index in [9.17, 15) is 10.2 Å². The van der Waals surface area contributed by atoms with Crippen LogP contribution in [0.2, 0.25) is 0 Å². The second-order valence-corrected chi connectivity index (χ2v) is 8.27. The first kappa shape index (κ1) is 23.0. The van der Waals surface area contributed by atoms with Crippen LogP contribution in [0, 0.1) is 19.3 Å². The summed E-state index contributed by atoms with van der Waals surface area (Å²) >= 11 is 0. The quantitative estimate of drug-likeness (QED) is 0.483. The molecule has 0 unspecified atom stereocenters. The normalized spacial score (nSPS) is 11.5. The highest BCUT2D eigenvalue weighted by Crippen LogP contribution is 2.30. The van der Waals surface area contributed by atoms with Crippen LogP contribution >= 0.6 is 0 Å². The first-order valence-corrected chi connectivity index (χ1v) is 10.6. The molecule has 3 rings (SSSR count). The fourth-order valence-electron chi connectivity index (χ4n) is 3.71. The van der Waals surface area contributed by atoms with Gasteiger partial charge in [-0.1, -0.05) is 60.2 Å². The van der Waals surface area contributed by atoms with Gasteiger partial charge in [-0.3, -0.25) is 0 Å². The van der Waals surface area contributed by atoms with Crippen LogP contribution in [0.5, 0.6) is 5.75 Å². The minimum atomic E-state index is -0.676. The summed E-state index contributed by atoms with van der Waals surface area (Å²) in [5.74, 6) is 0.764. The maximum atomic E-state index is 9.60. The van der Waals surface area contributed by atoms with Crippen molar-refractivity contribution in [3.8, 4) is 28.0 Å². The molecular formula is C27H32O4. The first-order valence-electron chi connectivity index (χ1n) is 10.6. The van der Waals surface area contributed by atoms with E-state index in [1.165, 1.54) is 27.8 Å². The molecule has 4 heteroatoms. The number of hydrogen-bond donors (Lipinski definition) is 2. The van der Waals surface area contributed by atoms with Crippen LogP contribution in [0.25, 0.3) is 22.3 Å². The SMILES string of the molecule is COCC(CO)(CO)CCOc1ccc(-c2ccc(-c3ccc(C)cc3)cc2C)cc1. The lowest BCUT2D eigenvalue weighted by molar-refractivity contribution is -0.0242. The van der Waals surface area contributed by atoms with Gasteiger partial charge in [0.25, 0.3) is 0 Å². The van der Waals surface area contributed by atoms with E-state index in [0.717, 1.165) is 11.3 Å². The Morgan fingerprint density at radius 2 is 1.39 bits per heavy atom. The van der Waals surface area contributed by atoms with Crippen LogP contribution in [0.1, 0.15) is 17.5 Å². The van der Waals surface area contributed by atoms with Gasteiger partial charge in [0.05, 0.1) is 26.4 Å². The topological polar surface area (TPSA) is 58.9 Å². The monoisotopic (exact) mass is 420 g/mol. The van der Waals surface area contributed by atoms with Crippen molar-refractivity contribution in [3.63, 3.8) is 0 Å². The second kappa shape index (κ2) is 10.6. The third-order valence-corrected chi connectivity index (χ3v) is 5.80. The first-order chi connectivity index (χ1) is 15.0. The van der Waals surface area contributed by atoms with E-state index in [2.05, 4.69) is 68.4 Å². The fourth-order valence-corrected chi connectivity index (χ4v) is 3.71. The molecule has 0 saturated carbocycles. The second-order valence-electron chi connectivity index (χ2n) is 8.27. The summed E-state index contributed by atoms with van der Waals surface area (Å²) in [5, 5.41) is 19.2. The van der Waals surface area contributed by atoms with E-state index >= 15 is 0 Å². The number of ether oxygens (including phenoxy) is 2. The summed E-state index contributed by atoms with van der Waals surface area (Å²) in [6.45, 7) is 4.64. The van der Waals surface area contributed by atoms with Gasteiger partial charge in [-0.2, -0.15) is 0 Å². The van der Waals surface area contributed by atoms with Crippen LogP contribution in [-0.2, 0) is 4.74 Å². The molecule has 0 fully saturated rings. The Kier molecular flexibility index (Phi) is 7.85. The molecule has 0 radical (unpaired) electrons. The molecule has 3 aromatic rings. The average Bonchev–Trinajstić information content (AvgIpc) is 2.79. The standard InChI is InChI=1S/C27H32O4/c1-20-4-6-22(7-5-20)24-10-13-26(21(2)16-24)23-8-11-25(12-9-23)31-15-14-27(17-28,18-29)19-30-3/h4-13,16,28-29H,14-15,17-19H2,1-3H3. The van der Waals surface area contributed by atoms with Crippen LogP contribution < -0.4 is 4.74 Å². The number of rotatable bonds is 10. The smallest absolute Gasteiger partial charge is 0.119 e. The fraction of sp³-hybridized carbons (Fsp3) is 0.333. The van der Waals surface area contributed by atoms with E-state index in [1.807, 2.05) is 12.1 Å². The third-order valence-electron chi connectivity index (χ3n) is 5.80. The van der Waals surface area contributed by atoms with Crippen molar-refractivity contribution in [2.75, 3.05) is 33.5 Å². The summed E-state index contributed by atoms with van der Waals surface area (Å²) in [4.78, 5) is 0. The summed E-state index contributed by atoms with van der Waals surface area (Å²) < 4.78 is 11.0. The Labute approximate surface area is 185 Å². The average molecular weight is 421 g/mol. The number of hydrogen-bond acceptors (Lipinski definition) is 4. The highest BCUT2D eigenvalue weighted by Gasteiger charge is 2.28. The Bertz CT molecular complexity index is 958. The molecule has 0 spiro atoms. The number of aliphatic hydroxyl groups is 2. The van der Waals surface area contributed by atoms with E-state index in [-0.39, 0.29) is 13.2 Å². The molecule has 2 N–H and O–H groups in total. The molecule has 0 amide bonds. The summed E-state index contributed by atoms with van der Waals surface area (Å²) in [7, 11) is 1.56. The Morgan fingerprint density at radius 1 is 0.774 bits per heavy atom. The van der Waals surface area contributed by atoms with Crippen LogP contribution in [0.3, 0.4) is 0 Å². The maximum absolute atomic E-state index is 9.60. The summed E-state index contributed by atoms with van der Waals surface area (Å²) in [5.41, 5.74) is 6.58. The Balaban J connectivity index is 1.66. The van der Waals surface area contributed by atoms with E-state index in [1.54, 1.807) is 7.11 Å². The Hall–Kier alpha value is -2.66. The molecule has 0 aliphatic heterocycles. The van der Waals surface area contributed by atoms with E-state index < -0.39 is 5.41 Å². The number of methoxy groups -OCH3 is 1. The van der Waals surface area contributed by atoms with Crippen molar-refractivity contribution in [3.05, 3.63) is 77.9 Å². The number of benzene rings is 3. The van der Waals surface area contributed by atoms with Crippen molar-refractivity contribution in [1.82, 2.24) is 0 Å². The molecule has 31 heavy (non-hydrogen) atoms. The van der Waals surface area contributed by atoms with Crippen LogP contribution in [-0.4, -0.2) is 43.8 Å². The molecule has 0 aromatic heterocycles. The predicted molar refractivity (Wildman–Crippen MR) is 125 cm³/mol. The van der Waals surface area contributed by atoms with Crippen molar-refractivity contribution in [2.45, 2.75) is 20.3 Å². The van der Waals surface area contributed by atoms with Crippen LogP contribution in [0.15, 0.2) is 66.7 Å². The highest BCUT2D eigenvalue weighted by molar-refractivity contribution is 5.73. The number of aliphatic hydroxyl groups excluding tert-OH is 2. The molecule has 0 aliphatic rings. The summed E-state index contributed by atoms with van der Waals surface area (Å²) in [6, 6.07) is 23.2. The third kappa shape index (κ3) is 5.73. The van der Waals surface area contributed by atoms with Crippen LogP contribution in [0.4, 0.5) is 0 Å². The highest BCUT2D eigenvalue weighted by atomic mass is 16.5. The van der Waals surface area contributed by atoms with Gasteiger partial charge in [0, 0.05) is 12.5 Å². The molecule has 0 bridgehead atoms. The molecule has 3 aromatic carbocycles. The molecular weight excluding hydrogens is 388 g/mol. The molecule has 0 saturated heterocycles. The molecule has 4 nitrogen and oxygen atoms in total. The lowest BCUT2D eigenvalue weighted by atomic mass is 9.87. The van der Waals surface area contributed by atoms with Gasteiger partial charge in [-0.15, -0.1) is 0 Å². The Morgan fingerprint density at radius 3 is 1.97 bits per heavy atom. The molecule has 164 valence electrons. The minimum absolute atomic E-state index is 0.141. The molecule has 0 heterocycles. The lowest BCUT2D eigenvalue weighted by Gasteiger charge is -2.28. The molecule has 0 aliphatic carbocycles. The van der Waals surface area contributed by atoms with Gasteiger partial charge in [-0.25, -0.2) is 0 Å². The van der Waals surface area contributed by atoms with E-state index in [0.29, 0.717) is 19.6 Å². The number of aryl methyl sites for hydroxylation is 2. The predicted octanol–water partition coefficient (Wildman–Crippen LogP) is 5.02. The maximum Gasteiger partial charge on any atom is 0.119 e. The minimum Gasteiger partial charge on any atom is -0.494 e. The van der Waals surface area contributed by atoms with Gasteiger partial charge >= 0.3 is 0 Å². The van der Waals surface area contributed by atoms with Gasteiger partial charge in [0.2, 0.25) is 0 Å². The van der Waals surface area contributed by atoms with Crippen molar-refractivity contribution in [2.24, 2.45) is 5.41 Å². The van der Waals surface area contributed by atoms with Crippen molar-refractivity contribution in [1.29, 1.82) is 0 Å². The zero-order valence-electron chi connectivity index (χ0n) is 18.6.